The molecule has 0 saturated carbocycles. The highest BCUT2D eigenvalue weighted by molar-refractivity contribution is 5.32. The summed E-state index contributed by atoms with van der Waals surface area (Å²) in [5.74, 6) is 5.72. The van der Waals surface area contributed by atoms with Crippen molar-refractivity contribution in [2.24, 2.45) is 5.84 Å². The van der Waals surface area contributed by atoms with Crippen LogP contribution in [0.15, 0.2) is 18.2 Å². The van der Waals surface area contributed by atoms with E-state index >= 15 is 0 Å². The summed E-state index contributed by atoms with van der Waals surface area (Å²) < 4.78 is 5.82. The van der Waals surface area contributed by atoms with Gasteiger partial charge in [-0.2, -0.15) is 0 Å². The Bertz CT molecular complexity index is 360. The number of hydrogen-bond acceptors (Lipinski definition) is 3. The number of benzene rings is 1. The largest absolute Gasteiger partial charge is 0.376 e. The SMILES string of the molecule is CCCC(OCC)C(NN)c1ccc(C)c(C)c1. The minimum Gasteiger partial charge on any atom is -0.376 e. The summed E-state index contributed by atoms with van der Waals surface area (Å²) in [6.07, 6.45) is 2.23. The van der Waals surface area contributed by atoms with Crippen LogP contribution in [0, 0.1) is 13.8 Å². The van der Waals surface area contributed by atoms with Gasteiger partial charge in [-0.1, -0.05) is 31.5 Å². The highest BCUT2D eigenvalue weighted by Gasteiger charge is 2.22. The first-order chi connectivity index (χ1) is 8.63. The van der Waals surface area contributed by atoms with Crippen LogP contribution in [0.1, 0.15) is 49.4 Å². The van der Waals surface area contributed by atoms with Crippen molar-refractivity contribution in [3.05, 3.63) is 34.9 Å². The zero-order valence-electron chi connectivity index (χ0n) is 12.0. The second-order valence-corrected chi connectivity index (χ2v) is 4.77. The van der Waals surface area contributed by atoms with Crippen molar-refractivity contribution in [2.75, 3.05) is 6.61 Å². The van der Waals surface area contributed by atoms with Crippen molar-refractivity contribution in [1.82, 2.24) is 5.43 Å². The monoisotopic (exact) mass is 250 g/mol. The Kier molecular flexibility index (Phi) is 6.33. The van der Waals surface area contributed by atoms with E-state index in [-0.39, 0.29) is 12.1 Å². The van der Waals surface area contributed by atoms with Gasteiger partial charge in [-0.05, 0) is 43.9 Å². The molecule has 1 aromatic carbocycles. The maximum Gasteiger partial charge on any atom is 0.0782 e. The fourth-order valence-electron chi connectivity index (χ4n) is 2.22. The number of nitrogens with two attached hydrogens (primary N) is 1. The zero-order valence-corrected chi connectivity index (χ0v) is 12.0. The van der Waals surface area contributed by atoms with Crippen LogP contribution in [0.3, 0.4) is 0 Å². The molecule has 0 amide bonds. The molecule has 1 rings (SSSR count). The van der Waals surface area contributed by atoms with Gasteiger partial charge < -0.3 is 4.74 Å². The molecule has 0 aromatic heterocycles. The Hall–Kier alpha value is -0.900. The summed E-state index contributed by atoms with van der Waals surface area (Å²) in [5, 5.41) is 0. The van der Waals surface area contributed by atoms with Crippen LogP contribution in [0.5, 0.6) is 0 Å². The molecule has 0 aliphatic rings. The molecule has 2 atom stereocenters. The molecule has 3 nitrogen and oxygen atoms in total. The van der Waals surface area contributed by atoms with Crippen LogP contribution in [0.2, 0.25) is 0 Å². The van der Waals surface area contributed by atoms with Crippen LogP contribution < -0.4 is 11.3 Å². The summed E-state index contributed by atoms with van der Waals surface area (Å²) >= 11 is 0. The molecule has 3 heteroatoms. The fraction of sp³-hybridized carbons (Fsp3) is 0.600. The molecular formula is C15H26N2O. The second kappa shape index (κ2) is 7.52. The average Bonchev–Trinajstić information content (AvgIpc) is 2.35. The molecule has 3 N–H and O–H groups in total. The van der Waals surface area contributed by atoms with E-state index in [4.69, 9.17) is 10.6 Å². The first-order valence-corrected chi connectivity index (χ1v) is 6.78. The topological polar surface area (TPSA) is 47.3 Å². The summed E-state index contributed by atoms with van der Waals surface area (Å²) in [7, 11) is 0. The standard InChI is InChI=1S/C15H26N2O/c1-5-7-14(18-6-2)15(17-16)13-9-8-11(3)12(4)10-13/h8-10,14-15,17H,5-7,16H2,1-4H3. The van der Waals surface area contributed by atoms with Crippen molar-refractivity contribution >= 4 is 0 Å². The van der Waals surface area contributed by atoms with Crippen LogP contribution in [0.4, 0.5) is 0 Å². The van der Waals surface area contributed by atoms with Crippen LogP contribution in [-0.2, 0) is 4.74 Å². The number of nitrogens with one attached hydrogen (secondary N) is 1. The van der Waals surface area contributed by atoms with E-state index in [0.29, 0.717) is 6.61 Å². The van der Waals surface area contributed by atoms with Gasteiger partial charge in [0.15, 0.2) is 0 Å². The summed E-state index contributed by atoms with van der Waals surface area (Å²) in [6.45, 7) is 9.16. The first-order valence-electron chi connectivity index (χ1n) is 6.78. The van der Waals surface area contributed by atoms with Gasteiger partial charge in [0.2, 0.25) is 0 Å². The van der Waals surface area contributed by atoms with Crippen molar-refractivity contribution < 1.29 is 4.74 Å². The quantitative estimate of drug-likeness (QED) is 0.577. The van der Waals surface area contributed by atoms with Gasteiger partial charge in [0, 0.05) is 6.61 Å². The predicted molar refractivity (Wildman–Crippen MR) is 76.3 cm³/mol. The molecular weight excluding hydrogens is 224 g/mol. The highest BCUT2D eigenvalue weighted by atomic mass is 16.5. The fourth-order valence-corrected chi connectivity index (χ4v) is 2.22. The van der Waals surface area contributed by atoms with E-state index < -0.39 is 0 Å². The highest BCUT2D eigenvalue weighted by Crippen LogP contribution is 2.24. The Morgan fingerprint density at radius 1 is 1.22 bits per heavy atom. The van der Waals surface area contributed by atoms with E-state index in [1.165, 1.54) is 16.7 Å². The number of hydrogen-bond donors (Lipinski definition) is 2. The van der Waals surface area contributed by atoms with E-state index in [9.17, 15) is 0 Å². The van der Waals surface area contributed by atoms with Gasteiger partial charge in [-0.15, -0.1) is 0 Å². The molecule has 102 valence electrons. The van der Waals surface area contributed by atoms with Gasteiger partial charge in [-0.3, -0.25) is 11.3 Å². The summed E-state index contributed by atoms with van der Waals surface area (Å²) in [4.78, 5) is 0. The first kappa shape index (κ1) is 15.2. The molecule has 0 fully saturated rings. The molecule has 2 unspecified atom stereocenters. The van der Waals surface area contributed by atoms with Gasteiger partial charge in [0.05, 0.1) is 12.1 Å². The average molecular weight is 250 g/mol. The third-order valence-corrected chi connectivity index (χ3v) is 3.40. The van der Waals surface area contributed by atoms with Gasteiger partial charge in [-0.25, -0.2) is 0 Å². The molecule has 0 aliphatic carbocycles. The number of hydrazine groups is 1. The smallest absolute Gasteiger partial charge is 0.0782 e. The Morgan fingerprint density at radius 2 is 1.94 bits per heavy atom. The van der Waals surface area contributed by atoms with Crippen molar-refractivity contribution in [3.8, 4) is 0 Å². The third kappa shape index (κ3) is 3.80. The van der Waals surface area contributed by atoms with Crippen molar-refractivity contribution in [1.29, 1.82) is 0 Å². The molecule has 0 bridgehead atoms. The van der Waals surface area contributed by atoms with Gasteiger partial charge >= 0.3 is 0 Å². The van der Waals surface area contributed by atoms with Crippen molar-refractivity contribution in [3.63, 3.8) is 0 Å². The number of ether oxygens (including phenoxy) is 1. The predicted octanol–water partition coefficient (Wildman–Crippen LogP) is 3.01. The Morgan fingerprint density at radius 3 is 2.44 bits per heavy atom. The normalized spacial score (nSPS) is 14.5. The molecule has 0 saturated heterocycles. The van der Waals surface area contributed by atoms with E-state index in [1.807, 2.05) is 6.92 Å². The van der Waals surface area contributed by atoms with Crippen molar-refractivity contribution in [2.45, 2.75) is 52.7 Å². The van der Waals surface area contributed by atoms with E-state index in [2.05, 4.69) is 44.4 Å². The minimum absolute atomic E-state index is 0.0594. The second-order valence-electron chi connectivity index (χ2n) is 4.77. The summed E-state index contributed by atoms with van der Waals surface area (Å²) in [6, 6.07) is 6.53. The zero-order chi connectivity index (χ0) is 13.5. The minimum atomic E-state index is 0.0594. The lowest BCUT2D eigenvalue weighted by Crippen LogP contribution is -2.38. The maximum absolute atomic E-state index is 5.82. The van der Waals surface area contributed by atoms with Gasteiger partial charge in [0.25, 0.3) is 0 Å². The molecule has 0 spiro atoms. The van der Waals surface area contributed by atoms with E-state index in [1.54, 1.807) is 0 Å². The lowest BCUT2D eigenvalue weighted by atomic mass is 9.95. The number of aryl methyl sites for hydroxylation is 2. The van der Waals surface area contributed by atoms with Gasteiger partial charge in [0.1, 0.15) is 0 Å². The third-order valence-electron chi connectivity index (χ3n) is 3.40. The number of rotatable bonds is 7. The Labute approximate surface area is 111 Å². The molecule has 1 aromatic rings. The van der Waals surface area contributed by atoms with E-state index in [0.717, 1.165) is 12.8 Å². The summed E-state index contributed by atoms with van der Waals surface area (Å²) in [5.41, 5.74) is 6.71. The molecule has 0 heterocycles. The van der Waals surface area contributed by atoms with Crippen LogP contribution in [-0.4, -0.2) is 12.7 Å². The molecule has 18 heavy (non-hydrogen) atoms. The van der Waals surface area contributed by atoms with Crippen LogP contribution in [0.25, 0.3) is 0 Å². The molecule has 0 aliphatic heterocycles. The van der Waals surface area contributed by atoms with Crippen LogP contribution >= 0.6 is 0 Å². The lowest BCUT2D eigenvalue weighted by Gasteiger charge is -2.27. The maximum atomic E-state index is 5.82. The molecule has 0 radical (unpaired) electrons. The lowest BCUT2D eigenvalue weighted by molar-refractivity contribution is 0.0276. The Balaban J connectivity index is 2.94.